The van der Waals surface area contributed by atoms with Crippen LogP contribution in [0.2, 0.25) is 0 Å². The molecular formula is C9H15NO4. The number of piperidine rings is 1. The lowest BCUT2D eigenvalue weighted by Crippen LogP contribution is -2.45. The molecule has 0 radical (unpaired) electrons. The molecule has 0 aromatic carbocycles. The summed E-state index contributed by atoms with van der Waals surface area (Å²) in [5.74, 6) is -2.09. The topological polar surface area (TPSA) is 77.8 Å². The molecule has 80 valence electrons. The molecule has 0 spiro atoms. The maximum Gasteiger partial charge on any atom is 0.321 e. The van der Waals surface area contributed by atoms with Gasteiger partial charge in [0.15, 0.2) is 0 Å². The number of likely N-dealkylation sites (tertiary alicyclic amines) is 1. The van der Waals surface area contributed by atoms with E-state index in [-0.39, 0.29) is 6.42 Å². The highest BCUT2D eigenvalue weighted by Gasteiger charge is 2.28. The van der Waals surface area contributed by atoms with Gasteiger partial charge in [-0.05, 0) is 25.9 Å². The molecule has 5 nitrogen and oxygen atoms in total. The highest BCUT2D eigenvalue weighted by atomic mass is 16.4. The molecule has 0 aromatic heterocycles. The van der Waals surface area contributed by atoms with Crippen molar-refractivity contribution in [2.45, 2.75) is 31.7 Å². The molecule has 1 aliphatic heterocycles. The van der Waals surface area contributed by atoms with Crippen LogP contribution >= 0.6 is 0 Å². The van der Waals surface area contributed by atoms with Crippen LogP contribution in [0.3, 0.4) is 0 Å². The molecule has 1 saturated heterocycles. The summed E-state index contributed by atoms with van der Waals surface area (Å²) in [5, 5.41) is 17.4. The fourth-order valence-electron chi connectivity index (χ4n) is 1.77. The molecule has 1 fully saturated rings. The van der Waals surface area contributed by atoms with Crippen molar-refractivity contribution >= 4 is 11.9 Å². The Morgan fingerprint density at radius 1 is 1.14 bits per heavy atom. The molecule has 2 N–H and O–H groups in total. The predicted molar refractivity (Wildman–Crippen MR) is 49.1 cm³/mol. The summed E-state index contributed by atoms with van der Waals surface area (Å²) in [6, 6.07) is -0.854. The van der Waals surface area contributed by atoms with E-state index in [0.717, 1.165) is 19.3 Å². The third-order valence-electron chi connectivity index (χ3n) is 2.48. The van der Waals surface area contributed by atoms with E-state index in [4.69, 9.17) is 10.2 Å². The highest BCUT2D eigenvalue weighted by Crippen LogP contribution is 2.14. The van der Waals surface area contributed by atoms with Crippen molar-refractivity contribution in [1.82, 2.24) is 4.90 Å². The lowest BCUT2D eigenvalue weighted by atomic mass is 10.1. The Kier molecular flexibility index (Phi) is 3.88. The van der Waals surface area contributed by atoms with Crippen molar-refractivity contribution < 1.29 is 19.8 Å². The molecule has 1 aliphatic rings. The van der Waals surface area contributed by atoms with E-state index >= 15 is 0 Å². The predicted octanol–water partition coefficient (Wildman–Crippen LogP) is 0.400. The number of carbonyl (C=O) groups is 2. The molecule has 0 amide bonds. The second kappa shape index (κ2) is 4.95. The van der Waals surface area contributed by atoms with Gasteiger partial charge >= 0.3 is 11.9 Å². The first kappa shape index (κ1) is 11.0. The zero-order chi connectivity index (χ0) is 10.6. The van der Waals surface area contributed by atoms with Crippen LogP contribution in [0.1, 0.15) is 25.7 Å². The summed E-state index contributed by atoms with van der Waals surface area (Å²) in [7, 11) is 0. The van der Waals surface area contributed by atoms with Crippen molar-refractivity contribution in [3.8, 4) is 0 Å². The standard InChI is InChI=1S/C9H15NO4/c11-8(12)6-7(9(13)14)10-4-2-1-3-5-10/h7H,1-6H2,(H,11,12)(H,13,14)/t7-/m0/s1. The van der Waals surface area contributed by atoms with Crippen molar-refractivity contribution in [1.29, 1.82) is 0 Å². The van der Waals surface area contributed by atoms with Crippen LogP contribution in [0.5, 0.6) is 0 Å². The first-order chi connectivity index (χ1) is 6.61. The van der Waals surface area contributed by atoms with Crippen LogP contribution < -0.4 is 0 Å². The van der Waals surface area contributed by atoms with Gasteiger partial charge in [0.05, 0.1) is 6.42 Å². The number of aliphatic carboxylic acids is 2. The Hall–Kier alpha value is -1.10. The van der Waals surface area contributed by atoms with Crippen LogP contribution in [-0.4, -0.2) is 46.2 Å². The molecule has 0 unspecified atom stereocenters. The molecule has 1 rings (SSSR count). The normalized spacial score (nSPS) is 20.3. The number of carboxylic acids is 2. The van der Waals surface area contributed by atoms with E-state index in [1.807, 2.05) is 0 Å². The van der Waals surface area contributed by atoms with Crippen LogP contribution in [0.25, 0.3) is 0 Å². The molecule has 0 bridgehead atoms. The monoisotopic (exact) mass is 201 g/mol. The van der Waals surface area contributed by atoms with Crippen molar-refractivity contribution in [3.63, 3.8) is 0 Å². The Morgan fingerprint density at radius 2 is 1.71 bits per heavy atom. The van der Waals surface area contributed by atoms with Crippen molar-refractivity contribution in [2.75, 3.05) is 13.1 Å². The summed E-state index contributed by atoms with van der Waals surface area (Å²) in [6.45, 7) is 1.40. The van der Waals surface area contributed by atoms with E-state index in [2.05, 4.69) is 0 Å². The maximum absolute atomic E-state index is 10.8. The zero-order valence-electron chi connectivity index (χ0n) is 7.98. The molecule has 0 aliphatic carbocycles. The lowest BCUT2D eigenvalue weighted by Gasteiger charge is -2.30. The quantitative estimate of drug-likeness (QED) is 0.688. The minimum atomic E-state index is -1.05. The van der Waals surface area contributed by atoms with E-state index in [0.29, 0.717) is 13.1 Å². The molecule has 14 heavy (non-hydrogen) atoms. The lowest BCUT2D eigenvalue weighted by molar-refractivity contribution is -0.150. The summed E-state index contributed by atoms with van der Waals surface area (Å²) in [4.78, 5) is 23.0. The van der Waals surface area contributed by atoms with Gasteiger partial charge in [-0.25, -0.2) is 0 Å². The van der Waals surface area contributed by atoms with Gasteiger partial charge in [-0.2, -0.15) is 0 Å². The Morgan fingerprint density at radius 3 is 2.14 bits per heavy atom. The van der Waals surface area contributed by atoms with Gasteiger partial charge in [0, 0.05) is 0 Å². The first-order valence-corrected chi connectivity index (χ1v) is 4.80. The van der Waals surface area contributed by atoms with Gasteiger partial charge in [0.1, 0.15) is 6.04 Å². The smallest absolute Gasteiger partial charge is 0.321 e. The van der Waals surface area contributed by atoms with Gasteiger partial charge in [-0.15, -0.1) is 0 Å². The van der Waals surface area contributed by atoms with Crippen LogP contribution in [-0.2, 0) is 9.59 Å². The molecule has 1 heterocycles. The van der Waals surface area contributed by atoms with Gasteiger partial charge in [-0.1, -0.05) is 6.42 Å². The van der Waals surface area contributed by atoms with Crippen molar-refractivity contribution in [2.24, 2.45) is 0 Å². The minimum absolute atomic E-state index is 0.310. The number of carboxylic acid groups (broad SMARTS) is 2. The highest BCUT2D eigenvalue weighted by molar-refractivity contribution is 5.80. The minimum Gasteiger partial charge on any atom is -0.481 e. The second-order valence-electron chi connectivity index (χ2n) is 3.55. The first-order valence-electron chi connectivity index (χ1n) is 4.80. The Balaban J connectivity index is 2.56. The summed E-state index contributed by atoms with van der Waals surface area (Å²) < 4.78 is 0. The summed E-state index contributed by atoms with van der Waals surface area (Å²) in [6.07, 6.45) is 2.72. The largest absolute Gasteiger partial charge is 0.481 e. The van der Waals surface area contributed by atoms with Crippen LogP contribution in [0.4, 0.5) is 0 Å². The zero-order valence-corrected chi connectivity index (χ0v) is 7.98. The average molecular weight is 201 g/mol. The van der Waals surface area contributed by atoms with Crippen molar-refractivity contribution in [3.05, 3.63) is 0 Å². The van der Waals surface area contributed by atoms with E-state index < -0.39 is 18.0 Å². The van der Waals surface area contributed by atoms with Gasteiger partial charge in [0.25, 0.3) is 0 Å². The molecular weight excluding hydrogens is 186 g/mol. The Bertz CT molecular complexity index is 223. The van der Waals surface area contributed by atoms with E-state index in [1.54, 1.807) is 4.90 Å². The van der Waals surface area contributed by atoms with Gasteiger partial charge in [-0.3, -0.25) is 14.5 Å². The second-order valence-corrected chi connectivity index (χ2v) is 3.55. The third-order valence-corrected chi connectivity index (χ3v) is 2.48. The molecule has 0 aromatic rings. The molecule has 5 heteroatoms. The fraction of sp³-hybridized carbons (Fsp3) is 0.778. The van der Waals surface area contributed by atoms with E-state index in [1.165, 1.54) is 0 Å². The SMILES string of the molecule is O=C(O)C[C@@H](C(=O)O)N1CCCCC1. The average Bonchev–Trinajstić information content (AvgIpc) is 2.15. The van der Waals surface area contributed by atoms with Gasteiger partial charge in [0.2, 0.25) is 0 Å². The number of rotatable bonds is 4. The molecule has 1 atom stereocenters. The number of hydrogen-bond donors (Lipinski definition) is 2. The van der Waals surface area contributed by atoms with Crippen LogP contribution in [0.15, 0.2) is 0 Å². The third kappa shape index (κ3) is 2.99. The molecule has 0 saturated carbocycles. The van der Waals surface area contributed by atoms with Gasteiger partial charge < -0.3 is 10.2 Å². The fourth-order valence-corrected chi connectivity index (χ4v) is 1.77. The summed E-state index contributed by atoms with van der Waals surface area (Å²) in [5.41, 5.74) is 0. The maximum atomic E-state index is 10.8. The number of hydrogen-bond acceptors (Lipinski definition) is 3. The number of nitrogens with zero attached hydrogens (tertiary/aromatic N) is 1. The summed E-state index contributed by atoms with van der Waals surface area (Å²) >= 11 is 0. The van der Waals surface area contributed by atoms with Crippen LogP contribution in [0, 0.1) is 0 Å². The van der Waals surface area contributed by atoms with E-state index in [9.17, 15) is 9.59 Å². The Labute approximate surface area is 82.3 Å².